The summed E-state index contributed by atoms with van der Waals surface area (Å²) in [5.41, 5.74) is 5.11. The number of benzene rings is 2. The van der Waals surface area contributed by atoms with Gasteiger partial charge in [-0.05, 0) is 37.1 Å². The van der Waals surface area contributed by atoms with E-state index in [1.54, 1.807) is 27.2 Å². The van der Waals surface area contributed by atoms with Crippen LogP contribution in [0.25, 0.3) is 0 Å². The van der Waals surface area contributed by atoms with E-state index in [1.807, 2.05) is 38.3 Å². The first-order valence-corrected chi connectivity index (χ1v) is 12.3. The van der Waals surface area contributed by atoms with Crippen molar-refractivity contribution in [2.24, 2.45) is 16.6 Å². The Balaban J connectivity index is 0.000000709. The lowest BCUT2D eigenvalue weighted by Gasteiger charge is -2.14. The number of nitrogens with two attached hydrogens (primary N) is 1. The maximum Gasteiger partial charge on any atom is 0.416 e. The van der Waals surface area contributed by atoms with Crippen molar-refractivity contribution in [2.75, 3.05) is 14.2 Å². The second-order valence-corrected chi connectivity index (χ2v) is 8.03. The summed E-state index contributed by atoms with van der Waals surface area (Å²) in [4.78, 5) is 15.2. The zero-order valence-corrected chi connectivity index (χ0v) is 23.7. The Morgan fingerprint density at radius 3 is 2.18 bits per heavy atom. The van der Waals surface area contributed by atoms with Crippen LogP contribution in [0.2, 0.25) is 0 Å². The second kappa shape index (κ2) is 18.0. The number of methoxy groups -OCH3 is 2. The Kier molecular flexibility index (Phi) is 16.3. The summed E-state index contributed by atoms with van der Waals surface area (Å²) in [6.07, 6.45) is 0.395. The van der Waals surface area contributed by atoms with Gasteiger partial charge in [-0.1, -0.05) is 52.0 Å². The van der Waals surface area contributed by atoms with Gasteiger partial charge in [-0.3, -0.25) is 9.79 Å². The van der Waals surface area contributed by atoms with Crippen molar-refractivity contribution < 1.29 is 32.2 Å². The molecule has 0 bridgehead atoms. The van der Waals surface area contributed by atoms with Gasteiger partial charge in [0, 0.05) is 17.8 Å². The Labute approximate surface area is 228 Å². The van der Waals surface area contributed by atoms with Gasteiger partial charge in [0.25, 0.3) is 5.91 Å². The molecule has 2 aromatic carbocycles. The molecule has 0 unspecified atom stereocenters. The fourth-order valence-electron chi connectivity index (χ4n) is 2.69. The summed E-state index contributed by atoms with van der Waals surface area (Å²) >= 11 is 3.89. The lowest BCUT2D eigenvalue weighted by molar-refractivity contribution is -0.138. The van der Waals surface area contributed by atoms with Gasteiger partial charge in [0.2, 0.25) is 0 Å². The summed E-state index contributed by atoms with van der Waals surface area (Å²) < 4.78 is 54.1. The van der Waals surface area contributed by atoms with Crippen molar-refractivity contribution in [3.05, 3.63) is 76.4 Å². The number of alkyl halides is 3. The van der Waals surface area contributed by atoms with Crippen LogP contribution in [0.5, 0.6) is 11.5 Å². The first-order chi connectivity index (χ1) is 17.9. The molecule has 0 fully saturated rings. The molecule has 0 saturated heterocycles. The number of primary amides is 1. The van der Waals surface area contributed by atoms with Gasteiger partial charge in [-0.2, -0.15) is 13.2 Å². The minimum absolute atomic E-state index is 0.0188. The van der Waals surface area contributed by atoms with Crippen LogP contribution in [-0.2, 0) is 22.3 Å². The average Bonchev–Trinajstić information content (AvgIpc) is 2.90. The van der Waals surface area contributed by atoms with Gasteiger partial charge in [-0.15, -0.1) is 12.6 Å². The number of aliphatic imine (C=N–C) groups is 1. The molecule has 0 aromatic heterocycles. The van der Waals surface area contributed by atoms with Crippen molar-refractivity contribution in [2.45, 2.75) is 47.4 Å². The van der Waals surface area contributed by atoms with Crippen molar-refractivity contribution in [1.29, 1.82) is 0 Å². The highest BCUT2D eigenvalue weighted by molar-refractivity contribution is 7.85. The van der Waals surface area contributed by atoms with Crippen LogP contribution >= 0.6 is 12.6 Å². The molecule has 0 spiro atoms. The van der Waals surface area contributed by atoms with E-state index in [0.717, 1.165) is 17.5 Å². The first-order valence-electron chi connectivity index (χ1n) is 11.8. The molecule has 0 radical (unpaired) electrons. The molecule has 2 aromatic rings. The van der Waals surface area contributed by atoms with Crippen LogP contribution in [0, 0.1) is 5.92 Å². The Morgan fingerprint density at radius 1 is 1.08 bits per heavy atom. The fourth-order valence-corrected chi connectivity index (χ4v) is 2.83. The second-order valence-electron chi connectivity index (χ2n) is 7.58. The van der Waals surface area contributed by atoms with Gasteiger partial charge in [-0.25, -0.2) is 0 Å². The number of halogens is 3. The maximum absolute atomic E-state index is 12.8. The van der Waals surface area contributed by atoms with Crippen molar-refractivity contribution in [3.8, 4) is 11.5 Å². The van der Waals surface area contributed by atoms with Gasteiger partial charge in [0.05, 0.1) is 25.5 Å². The Morgan fingerprint density at radius 2 is 1.68 bits per heavy atom. The Bertz CT molecular complexity index is 1100. The molecule has 0 saturated carbocycles. The largest absolute Gasteiger partial charge is 0.493 e. The fraction of sp³-hybridized carbons (Fsp3) is 0.357. The molecule has 0 aliphatic carbocycles. The van der Waals surface area contributed by atoms with Crippen LogP contribution in [-0.4, -0.2) is 26.3 Å². The standard InChI is InChI=1S/C14H14F3NO2S.C12H17NO2.C2H6/c1-2-5-11(12(21)13(18)19)20-8-9-6-3-4-7-10(9)14(15,16)17;1-9(2)8-13-10-5-6-11(14-3)12(7-10)15-4;1-2/h2-7,21H,8H2,1H3,(H2,18,19);5-9H,1-4H3;1-2H3/b5-2+,12-11+;;. The maximum atomic E-state index is 12.8. The zero-order valence-electron chi connectivity index (χ0n) is 22.8. The van der Waals surface area contributed by atoms with E-state index in [4.69, 9.17) is 19.9 Å². The summed E-state index contributed by atoms with van der Waals surface area (Å²) in [6.45, 7) is 9.48. The number of hydrogen-bond donors (Lipinski definition) is 2. The van der Waals surface area contributed by atoms with Crippen molar-refractivity contribution >= 4 is 30.4 Å². The average molecular weight is 555 g/mol. The molecule has 0 atom stereocenters. The molecule has 2 N–H and O–H groups in total. The highest BCUT2D eigenvalue weighted by Crippen LogP contribution is 2.33. The van der Waals surface area contributed by atoms with Crippen LogP contribution < -0.4 is 15.2 Å². The molecule has 0 aliphatic rings. The summed E-state index contributed by atoms with van der Waals surface area (Å²) in [7, 11) is 3.24. The van der Waals surface area contributed by atoms with E-state index in [1.165, 1.54) is 24.3 Å². The van der Waals surface area contributed by atoms with E-state index in [9.17, 15) is 18.0 Å². The number of ether oxygens (including phenoxy) is 3. The number of thiol groups is 1. The smallest absolute Gasteiger partial charge is 0.416 e. The first kappa shape index (κ1) is 34.6. The Hall–Kier alpha value is -3.40. The third-order valence-electron chi connectivity index (χ3n) is 4.38. The van der Waals surface area contributed by atoms with Gasteiger partial charge < -0.3 is 19.9 Å². The highest BCUT2D eigenvalue weighted by atomic mass is 32.1. The van der Waals surface area contributed by atoms with Crippen molar-refractivity contribution in [3.63, 3.8) is 0 Å². The van der Waals surface area contributed by atoms with Gasteiger partial charge >= 0.3 is 6.18 Å². The molecule has 2 rings (SSSR count). The number of amides is 1. The summed E-state index contributed by atoms with van der Waals surface area (Å²) in [6, 6.07) is 10.7. The van der Waals surface area contributed by atoms with E-state index in [0.29, 0.717) is 11.7 Å². The molecular weight excluding hydrogens is 517 g/mol. The van der Waals surface area contributed by atoms with E-state index >= 15 is 0 Å². The molecule has 0 heterocycles. The van der Waals surface area contributed by atoms with E-state index in [-0.39, 0.29) is 22.8 Å². The monoisotopic (exact) mass is 554 g/mol. The van der Waals surface area contributed by atoms with Crippen LogP contribution in [0.3, 0.4) is 0 Å². The summed E-state index contributed by atoms with van der Waals surface area (Å²) in [5.74, 6) is 1.07. The molecule has 210 valence electrons. The van der Waals surface area contributed by atoms with Crippen LogP contribution in [0.1, 0.15) is 45.7 Å². The number of carbonyl (C=O) groups excluding carboxylic acids is 1. The van der Waals surface area contributed by atoms with Crippen LogP contribution in [0.4, 0.5) is 18.9 Å². The molecule has 38 heavy (non-hydrogen) atoms. The number of carbonyl (C=O) groups is 1. The molecular formula is C28H37F3N2O4S. The molecule has 6 nitrogen and oxygen atoms in total. The quantitative estimate of drug-likeness (QED) is 0.110. The van der Waals surface area contributed by atoms with E-state index in [2.05, 4.69) is 31.5 Å². The number of rotatable bonds is 9. The van der Waals surface area contributed by atoms with Crippen molar-refractivity contribution in [1.82, 2.24) is 0 Å². The predicted octanol–water partition coefficient (Wildman–Crippen LogP) is 7.51. The van der Waals surface area contributed by atoms with Gasteiger partial charge in [0.1, 0.15) is 17.3 Å². The topological polar surface area (TPSA) is 83.1 Å². The minimum Gasteiger partial charge on any atom is -0.493 e. The van der Waals surface area contributed by atoms with Crippen LogP contribution in [0.15, 0.2) is 70.3 Å². The zero-order chi connectivity index (χ0) is 29.3. The minimum atomic E-state index is -4.47. The van der Waals surface area contributed by atoms with Gasteiger partial charge in [0.15, 0.2) is 11.5 Å². The van der Waals surface area contributed by atoms with E-state index < -0.39 is 17.6 Å². The lowest BCUT2D eigenvalue weighted by atomic mass is 10.1. The number of allylic oxidation sites excluding steroid dienone is 2. The highest BCUT2D eigenvalue weighted by Gasteiger charge is 2.33. The SMILES string of the molecule is C/C=C/C(OCc1ccccc1C(F)(F)F)=C(\S)C(N)=O.CC.COc1ccc(N=CC(C)C)cc1OC. The molecule has 10 heteroatoms. The normalized spacial score (nSPS) is 11.8. The lowest BCUT2D eigenvalue weighted by Crippen LogP contribution is -2.14. The number of nitrogens with zero attached hydrogens (tertiary/aromatic N) is 1. The third kappa shape index (κ3) is 12.2. The predicted molar refractivity (Wildman–Crippen MR) is 150 cm³/mol. The third-order valence-corrected chi connectivity index (χ3v) is 4.82. The molecule has 1 amide bonds. The summed E-state index contributed by atoms with van der Waals surface area (Å²) in [5, 5.41) is 0. The molecule has 0 aliphatic heterocycles. The number of hydrogen-bond acceptors (Lipinski definition) is 6.